The molecule has 0 saturated heterocycles. The number of aromatic amines is 1. The fraction of sp³-hybridized carbons (Fsp3) is 0.0588. The number of methoxy groups -OCH3 is 1. The Morgan fingerprint density at radius 1 is 1.26 bits per heavy atom. The van der Waals surface area contributed by atoms with Crippen LogP contribution in [-0.2, 0) is 0 Å². The van der Waals surface area contributed by atoms with Crippen molar-refractivity contribution in [3.8, 4) is 5.75 Å². The Bertz CT molecular complexity index is 1190. The second-order valence-corrected chi connectivity index (χ2v) is 5.56. The molecule has 0 atom stereocenters. The maximum atomic E-state index is 10.9. The smallest absolute Gasteiger partial charge is 0.270 e. The average molecular weight is 363 g/mol. The van der Waals surface area contributed by atoms with E-state index in [1.807, 2.05) is 24.3 Å². The number of rotatable bonds is 5. The summed E-state index contributed by atoms with van der Waals surface area (Å²) in [5.74, 6) is 0.644. The largest absolute Gasteiger partial charge is 0.496 e. The highest BCUT2D eigenvalue weighted by atomic mass is 16.6. The summed E-state index contributed by atoms with van der Waals surface area (Å²) in [4.78, 5) is 17.9. The van der Waals surface area contributed by atoms with Crippen molar-refractivity contribution in [2.24, 2.45) is 5.10 Å². The summed E-state index contributed by atoms with van der Waals surface area (Å²) in [5, 5.41) is 24.1. The van der Waals surface area contributed by atoms with Crippen LogP contribution in [0.3, 0.4) is 0 Å². The normalized spacial score (nSPS) is 11.3. The third-order valence-electron chi connectivity index (χ3n) is 3.91. The minimum Gasteiger partial charge on any atom is -0.496 e. The second kappa shape index (κ2) is 6.67. The number of hydrazone groups is 1. The van der Waals surface area contributed by atoms with Crippen LogP contribution in [0.4, 0.5) is 11.6 Å². The van der Waals surface area contributed by atoms with Crippen LogP contribution >= 0.6 is 0 Å². The molecule has 2 aromatic carbocycles. The first-order valence-corrected chi connectivity index (χ1v) is 7.88. The number of non-ortho nitro benzene ring substituents is 1. The molecule has 10 nitrogen and oxygen atoms in total. The number of aromatic nitrogens is 4. The Morgan fingerprint density at radius 3 is 2.93 bits per heavy atom. The van der Waals surface area contributed by atoms with Gasteiger partial charge in [-0.1, -0.05) is 18.2 Å². The van der Waals surface area contributed by atoms with Gasteiger partial charge in [0.25, 0.3) is 11.6 Å². The number of para-hydroxylation sites is 1. The van der Waals surface area contributed by atoms with Crippen molar-refractivity contribution in [1.82, 2.24) is 20.2 Å². The van der Waals surface area contributed by atoms with Gasteiger partial charge < -0.3 is 9.72 Å². The molecule has 4 rings (SSSR count). The number of fused-ring (bicyclic) bond motifs is 3. The molecule has 0 fully saturated rings. The molecule has 2 heterocycles. The third kappa shape index (κ3) is 3.11. The molecule has 0 bridgehead atoms. The number of hydrogen-bond acceptors (Lipinski definition) is 8. The van der Waals surface area contributed by atoms with Gasteiger partial charge in [-0.2, -0.15) is 10.1 Å². The van der Waals surface area contributed by atoms with Crippen LogP contribution in [-0.4, -0.2) is 38.4 Å². The van der Waals surface area contributed by atoms with Gasteiger partial charge >= 0.3 is 0 Å². The van der Waals surface area contributed by atoms with E-state index >= 15 is 0 Å². The van der Waals surface area contributed by atoms with Gasteiger partial charge in [0.1, 0.15) is 11.3 Å². The minimum atomic E-state index is -0.485. The summed E-state index contributed by atoms with van der Waals surface area (Å²) < 4.78 is 5.18. The van der Waals surface area contributed by atoms with Crippen molar-refractivity contribution in [3.63, 3.8) is 0 Å². The predicted octanol–water partition coefficient (Wildman–Crippen LogP) is 2.87. The van der Waals surface area contributed by atoms with Crippen LogP contribution in [0, 0.1) is 10.1 Å². The highest BCUT2D eigenvalue weighted by Gasteiger charge is 2.10. The summed E-state index contributed by atoms with van der Waals surface area (Å²) in [7, 11) is 1.48. The van der Waals surface area contributed by atoms with E-state index in [1.54, 1.807) is 0 Å². The Kier molecular flexibility index (Phi) is 4.05. The standard InChI is InChI=1S/C17H13N7O3/c1-27-14-7-6-11(24(25)26)8-10(14)9-18-22-17-20-16-15(21-23-17)12-4-2-3-5-13(12)19-16/h2-9H,1H3,(H2,19,20,22,23)/b18-9+. The summed E-state index contributed by atoms with van der Waals surface area (Å²) >= 11 is 0. The van der Waals surface area contributed by atoms with E-state index in [0.29, 0.717) is 22.5 Å². The van der Waals surface area contributed by atoms with E-state index in [2.05, 4.69) is 30.7 Å². The van der Waals surface area contributed by atoms with Crippen molar-refractivity contribution < 1.29 is 9.66 Å². The number of benzene rings is 2. The van der Waals surface area contributed by atoms with E-state index in [9.17, 15) is 10.1 Å². The summed E-state index contributed by atoms with van der Waals surface area (Å²) in [6.45, 7) is 0. The lowest BCUT2D eigenvalue weighted by Gasteiger charge is -2.03. The van der Waals surface area contributed by atoms with Gasteiger partial charge in [0.2, 0.25) is 0 Å². The number of nitro benzene ring substituents is 1. The highest BCUT2D eigenvalue weighted by Crippen LogP contribution is 2.23. The molecule has 0 aliphatic heterocycles. The predicted molar refractivity (Wildman–Crippen MR) is 100 cm³/mol. The van der Waals surface area contributed by atoms with Crippen LogP contribution in [0.5, 0.6) is 5.75 Å². The van der Waals surface area contributed by atoms with Gasteiger partial charge in [-0.05, 0) is 12.1 Å². The van der Waals surface area contributed by atoms with Crippen molar-refractivity contribution in [1.29, 1.82) is 0 Å². The maximum absolute atomic E-state index is 10.9. The van der Waals surface area contributed by atoms with Crippen LogP contribution in [0.25, 0.3) is 22.1 Å². The van der Waals surface area contributed by atoms with Gasteiger partial charge in [-0.25, -0.2) is 5.43 Å². The van der Waals surface area contributed by atoms with E-state index in [-0.39, 0.29) is 11.6 Å². The van der Waals surface area contributed by atoms with E-state index in [1.165, 1.54) is 31.5 Å². The lowest BCUT2D eigenvalue weighted by Crippen LogP contribution is -2.00. The van der Waals surface area contributed by atoms with Crippen molar-refractivity contribution in [3.05, 3.63) is 58.1 Å². The van der Waals surface area contributed by atoms with Crippen LogP contribution in [0.15, 0.2) is 47.6 Å². The zero-order chi connectivity index (χ0) is 18.8. The molecule has 2 N–H and O–H groups in total. The first kappa shape index (κ1) is 16.4. The van der Waals surface area contributed by atoms with Gasteiger partial charge in [0, 0.05) is 28.6 Å². The SMILES string of the molecule is COc1ccc([N+](=O)[O-])cc1/C=N/Nc1nnc2c(n1)[nH]c1ccccc12. The Labute approximate surface area is 152 Å². The number of nitro groups is 1. The molecule has 134 valence electrons. The lowest BCUT2D eigenvalue weighted by molar-refractivity contribution is -0.384. The summed E-state index contributed by atoms with van der Waals surface area (Å²) in [5.41, 5.74) is 5.21. The molecule has 0 aliphatic rings. The molecule has 2 aromatic heterocycles. The van der Waals surface area contributed by atoms with Gasteiger partial charge in [0.15, 0.2) is 5.65 Å². The van der Waals surface area contributed by atoms with Crippen molar-refractivity contribution in [2.45, 2.75) is 0 Å². The fourth-order valence-corrected chi connectivity index (χ4v) is 2.66. The molecule has 10 heteroatoms. The van der Waals surface area contributed by atoms with Crippen molar-refractivity contribution >= 4 is 39.9 Å². The fourth-order valence-electron chi connectivity index (χ4n) is 2.66. The van der Waals surface area contributed by atoms with Gasteiger partial charge in [-0.15, -0.1) is 10.2 Å². The van der Waals surface area contributed by atoms with E-state index in [0.717, 1.165) is 10.9 Å². The minimum absolute atomic E-state index is 0.0605. The summed E-state index contributed by atoms with van der Waals surface area (Å²) in [6.07, 6.45) is 1.39. The Morgan fingerprint density at radius 2 is 2.11 bits per heavy atom. The highest BCUT2D eigenvalue weighted by molar-refractivity contribution is 6.03. The van der Waals surface area contributed by atoms with Gasteiger partial charge in [0.05, 0.1) is 18.2 Å². The topological polar surface area (TPSA) is 131 Å². The van der Waals surface area contributed by atoms with Crippen LogP contribution < -0.4 is 10.2 Å². The van der Waals surface area contributed by atoms with Crippen molar-refractivity contribution in [2.75, 3.05) is 12.5 Å². The molecule has 0 aliphatic carbocycles. The molecular weight excluding hydrogens is 350 g/mol. The molecule has 0 amide bonds. The first-order valence-electron chi connectivity index (χ1n) is 7.88. The van der Waals surface area contributed by atoms with E-state index in [4.69, 9.17) is 4.74 Å². The number of ether oxygens (including phenoxy) is 1. The number of anilines is 1. The number of H-pyrrole nitrogens is 1. The zero-order valence-electron chi connectivity index (χ0n) is 14.1. The zero-order valence-corrected chi connectivity index (χ0v) is 14.1. The molecular formula is C17H13N7O3. The Balaban J connectivity index is 1.60. The number of nitrogens with zero attached hydrogens (tertiary/aromatic N) is 5. The van der Waals surface area contributed by atoms with Gasteiger partial charge in [-0.3, -0.25) is 10.1 Å². The number of hydrogen-bond donors (Lipinski definition) is 2. The molecule has 0 radical (unpaired) electrons. The third-order valence-corrected chi connectivity index (χ3v) is 3.91. The molecule has 0 spiro atoms. The molecule has 0 unspecified atom stereocenters. The first-order chi connectivity index (χ1) is 13.2. The Hall–Kier alpha value is -4.08. The van der Waals surface area contributed by atoms with E-state index < -0.39 is 4.92 Å². The number of nitrogens with one attached hydrogen (secondary N) is 2. The maximum Gasteiger partial charge on any atom is 0.270 e. The molecule has 27 heavy (non-hydrogen) atoms. The average Bonchev–Trinajstić information content (AvgIpc) is 3.05. The second-order valence-electron chi connectivity index (χ2n) is 5.56. The summed E-state index contributed by atoms with van der Waals surface area (Å²) in [6, 6.07) is 11.9. The molecule has 4 aromatic rings. The lowest BCUT2D eigenvalue weighted by atomic mass is 10.2. The monoisotopic (exact) mass is 363 g/mol. The van der Waals surface area contributed by atoms with Crippen LogP contribution in [0.1, 0.15) is 5.56 Å². The quantitative estimate of drug-likeness (QED) is 0.316. The molecule has 0 saturated carbocycles. The van der Waals surface area contributed by atoms with Crippen LogP contribution in [0.2, 0.25) is 0 Å².